The monoisotopic (exact) mass is 204 g/mol. The van der Waals surface area contributed by atoms with Crippen LogP contribution in [0, 0.1) is 17.7 Å². The molecule has 0 saturated heterocycles. The van der Waals surface area contributed by atoms with E-state index in [1.807, 2.05) is 0 Å². The zero-order valence-corrected chi connectivity index (χ0v) is 8.21. The molecule has 0 unspecified atom stereocenters. The molecule has 76 valence electrons. The standard InChI is InChI=1S/C12H9FO2/c1-9(15)12-6-5-11(13)8-10(12)4-2-3-7-14/h5-8H,3H2,1H3. The molecule has 0 spiro atoms. The van der Waals surface area contributed by atoms with E-state index in [-0.39, 0.29) is 12.2 Å². The quantitative estimate of drug-likeness (QED) is 0.419. The SMILES string of the molecule is CC(=O)c1ccc(F)cc1C#CCC=O. The largest absolute Gasteiger partial charge is 0.302 e. The van der Waals surface area contributed by atoms with Crippen molar-refractivity contribution in [1.29, 1.82) is 0 Å². The maximum Gasteiger partial charge on any atom is 0.161 e. The van der Waals surface area contributed by atoms with E-state index in [1.54, 1.807) is 0 Å². The van der Waals surface area contributed by atoms with Crippen molar-refractivity contribution in [2.45, 2.75) is 13.3 Å². The van der Waals surface area contributed by atoms with Crippen molar-refractivity contribution in [1.82, 2.24) is 0 Å². The molecule has 0 aliphatic heterocycles. The molecule has 0 aromatic heterocycles. The summed E-state index contributed by atoms with van der Waals surface area (Å²) in [6.45, 7) is 1.39. The van der Waals surface area contributed by atoms with Gasteiger partial charge in [0.1, 0.15) is 12.1 Å². The normalized spacial score (nSPS) is 8.93. The number of Topliss-reactive ketones (excluding diaryl/α,β-unsaturated/α-hetero) is 1. The Labute approximate surface area is 87.1 Å². The van der Waals surface area contributed by atoms with Crippen molar-refractivity contribution in [2.75, 3.05) is 0 Å². The van der Waals surface area contributed by atoms with Crippen molar-refractivity contribution in [3.8, 4) is 11.8 Å². The number of ketones is 1. The lowest BCUT2D eigenvalue weighted by atomic mass is 10.0. The van der Waals surface area contributed by atoms with Gasteiger partial charge in [-0.2, -0.15) is 0 Å². The van der Waals surface area contributed by atoms with E-state index in [0.29, 0.717) is 17.4 Å². The van der Waals surface area contributed by atoms with Crippen LogP contribution in [0.25, 0.3) is 0 Å². The summed E-state index contributed by atoms with van der Waals surface area (Å²) in [5, 5.41) is 0. The maximum absolute atomic E-state index is 12.9. The van der Waals surface area contributed by atoms with Crippen LogP contribution in [0.3, 0.4) is 0 Å². The second-order valence-electron chi connectivity index (χ2n) is 2.92. The van der Waals surface area contributed by atoms with Gasteiger partial charge in [0, 0.05) is 11.1 Å². The third-order valence-corrected chi connectivity index (χ3v) is 1.77. The van der Waals surface area contributed by atoms with E-state index in [9.17, 15) is 14.0 Å². The van der Waals surface area contributed by atoms with E-state index < -0.39 is 5.82 Å². The summed E-state index contributed by atoms with van der Waals surface area (Å²) in [4.78, 5) is 21.2. The van der Waals surface area contributed by atoms with Crippen LogP contribution in [-0.2, 0) is 4.79 Å². The second kappa shape index (κ2) is 5.06. The van der Waals surface area contributed by atoms with Gasteiger partial charge in [-0.1, -0.05) is 11.8 Å². The minimum atomic E-state index is -0.449. The van der Waals surface area contributed by atoms with Crippen molar-refractivity contribution in [2.24, 2.45) is 0 Å². The zero-order valence-electron chi connectivity index (χ0n) is 8.21. The summed E-state index contributed by atoms with van der Waals surface area (Å²) in [5.74, 6) is 4.51. The zero-order chi connectivity index (χ0) is 11.3. The van der Waals surface area contributed by atoms with Crippen LogP contribution in [0.1, 0.15) is 29.3 Å². The van der Waals surface area contributed by atoms with Crippen LogP contribution in [-0.4, -0.2) is 12.1 Å². The molecule has 0 saturated carbocycles. The summed E-state index contributed by atoms with van der Waals surface area (Å²) >= 11 is 0. The van der Waals surface area contributed by atoms with Crippen LogP contribution in [0.2, 0.25) is 0 Å². The van der Waals surface area contributed by atoms with Crippen molar-refractivity contribution < 1.29 is 14.0 Å². The van der Waals surface area contributed by atoms with Gasteiger partial charge in [-0.25, -0.2) is 4.39 Å². The molecule has 0 radical (unpaired) electrons. The lowest BCUT2D eigenvalue weighted by Gasteiger charge is -1.99. The summed E-state index contributed by atoms with van der Waals surface area (Å²) in [6, 6.07) is 3.79. The van der Waals surface area contributed by atoms with Crippen LogP contribution in [0.5, 0.6) is 0 Å². The van der Waals surface area contributed by atoms with Crippen LogP contribution in [0.4, 0.5) is 4.39 Å². The predicted molar refractivity (Wildman–Crippen MR) is 54.0 cm³/mol. The van der Waals surface area contributed by atoms with Crippen molar-refractivity contribution in [3.05, 3.63) is 35.1 Å². The Morgan fingerprint density at radius 3 is 2.87 bits per heavy atom. The molecule has 0 fully saturated rings. The topological polar surface area (TPSA) is 34.1 Å². The molecule has 0 heterocycles. The third kappa shape index (κ3) is 3.03. The Hall–Kier alpha value is -1.95. The molecular weight excluding hydrogens is 195 g/mol. The molecule has 0 aliphatic rings. The Kier molecular flexibility index (Phi) is 3.75. The Morgan fingerprint density at radius 2 is 2.27 bits per heavy atom. The van der Waals surface area contributed by atoms with E-state index in [2.05, 4.69) is 11.8 Å². The van der Waals surface area contributed by atoms with E-state index in [4.69, 9.17) is 0 Å². The molecule has 15 heavy (non-hydrogen) atoms. The van der Waals surface area contributed by atoms with Gasteiger partial charge in [0.2, 0.25) is 0 Å². The molecule has 0 bridgehead atoms. The molecule has 3 heteroatoms. The Morgan fingerprint density at radius 1 is 1.53 bits per heavy atom. The van der Waals surface area contributed by atoms with Gasteiger partial charge in [0.15, 0.2) is 5.78 Å². The first-order chi connectivity index (χ1) is 7.15. The average Bonchev–Trinajstić information content (AvgIpc) is 2.18. The summed E-state index contributed by atoms with van der Waals surface area (Å²) in [7, 11) is 0. The van der Waals surface area contributed by atoms with Crippen LogP contribution >= 0.6 is 0 Å². The van der Waals surface area contributed by atoms with Gasteiger partial charge in [-0.3, -0.25) is 4.79 Å². The Balaban J connectivity index is 3.14. The number of benzene rings is 1. The second-order valence-corrected chi connectivity index (χ2v) is 2.92. The molecule has 1 rings (SSSR count). The molecule has 1 aromatic carbocycles. The highest BCUT2D eigenvalue weighted by atomic mass is 19.1. The van der Waals surface area contributed by atoms with Gasteiger partial charge in [-0.15, -0.1) is 0 Å². The predicted octanol–water partition coefficient (Wildman–Crippen LogP) is 1.97. The molecule has 0 atom stereocenters. The average molecular weight is 204 g/mol. The van der Waals surface area contributed by atoms with E-state index >= 15 is 0 Å². The highest BCUT2D eigenvalue weighted by molar-refractivity contribution is 5.96. The minimum absolute atomic E-state index is 0.0772. The van der Waals surface area contributed by atoms with Gasteiger partial charge < -0.3 is 4.79 Å². The van der Waals surface area contributed by atoms with Crippen molar-refractivity contribution in [3.63, 3.8) is 0 Å². The highest BCUT2D eigenvalue weighted by Gasteiger charge is 2.05. The van der Waals surface area contributed by atoms with Gasteiger partial charge in [-0.05, 0) is 25.1 Å². The number of carbonyl (C=O) groups is 2. The van der Waals surface area contributed by atoms with E-state index in [0.717, 1.165) is 0 Å². The number of hydrogen-bond donors (Lipinski definition) is 0. The Bertz CT molecular complexity index is 452. The summed E-state index contributed by atoms with van der Waals surface area (Å²) in [5.41, 5.74) is 0.694. The van der Waals surface area contributed by atoms with Crippen LogP contribution < -0.4 is 0 Å². The molecular formula is C12H9FO2. The number of aldehydes is 1. The summed E-state index contributed by atoms with van der Waals surface area (Å²) in [6.07, 6.45) is 0.730. The van der Waals surface area contributed by atoms with E-state index in [1.165, 1.54) is 25.1 Å². The summed E-state index contributed by atoms with van der Waals surface area (Å²) < 4.78 is 12.9. The number of carbonyl (C=O) groups excluding carboxylic acids is 2. The van der Waals surface area contributed by atoms with Gasteiger partial charge in [0.25, 0.3) is 0 Å². The third-order valence-electron chi connectivity index (χ3n) is 1.77. The molecule has 0 aliphatic carbocycles. The molecule has 1 aromatic rings. The fourth-order valence-electron chi connectivity index (χ4n) is 1.11. The van der Waals surface area contributed by atoms with Crippen molar-refractivity contribution >= 4 is 12.1 Å². The fourth-order valence-corrected chi connectivity index (χ4v) is 1.11. The van der Waals surface area contributed by atoms with Crippen LogP contribution in [0.15, 0.2) is 18.2 Å². The fraction of sp³-hybridized carbons (Fsp3) is 0.167. The number of halogens is 1. The molecule has 2 nitrogen and oxygen atoms in total. The smallest absolute Gasteiger partial charge is 0.161 e. The van der Waals surface area contributed by atoms with Gasteiger partial charge in [0.05, 0.1) is 6.42 Å². The first-order valence-corrected chi connectivity index (χ1v) is 4.38. The molecule has 0 N–H and O–H groups in total. The van der Waals surface area contributed by atoms with Gasteiger partial charge >= 0.3 is 0 Å². The minimum Gasteiger partial charge on any atom is -0.302 e. The first-order valence-electron chi connectivity index (χ1n) is 4.38. The molecule has 0 amide bonds. The number of hydrogen-bond acceptors (Lipinski definition) is 2. The maximum atomic E-state index is 12.9. The lowest BCUT2D eigenvalue weighted by Crippen LogP contribution is -1.97. The lowest BCUT2D eigenvalue weighted by molar-refractivity contribution is -0.107. The first kappa shape index (κ1) is 11.1. The number of rotatable bonds is 2. The highest BCUT2D eigenvalue weighted by Crippen LogP contribution is 2.10.